The van der Waals surface area contributed by atoms with Crippen LogP contribution in [0.2, 0.25) is 0 Å². The molecule has 3 aliphatic rings. The number of hydrogen-bond acceptors (Lipinski definition) is 13. The number of esters is 1. The first-order valence-corrected chi connectivity index (χ1v) is 12.6. The van der Waals surface area contributed by atoms with Gasteiger partial charge in [0.15, 0.2) is 24.5 Å². The van der Waals surface area contributed by atoms with Gasteiger partial charge in [0.2, 0.25) is 3.79 Å². The normalized spacial score (nSPS) is 38.8. The fourth-order valence-corrected chi connectivity index (χ4v) is 4.65. The second kappa shape index (κ2) is 12.8. The minimum Gasteiger partial charge on any atom is -0.467 e. The summed E-state index contributed by atoms with van der Waals surface area (Å²) in [7, 11) is 3.82. The van der Waals surface area contributed by atoms with Gasteiger partial charge in [-0.3, -0.25) is 0 Å². The number of amides is 1. The Morgan fingerprint density at radius 1 is 1.00 bits per heavy atom. The Balaban J connectivity index is 1.91. The summed E-state index contributed by atoms with van der Waals surface area (Å²) in [5, 5.41) is 23.2. The summed E-state index contributed by atoms with van der Waals surface area (Å²) >= 11 is 16.9. The van der Waals surface area contributed by atoms with Crippen molar-refractivity contribution in [1.82, 2.24) is 5.32 Å². The van der Waals surface area contributed by atoms with Crippen LogP contribution in [0.25, 0.3) is 0 Å². The Bertz CT molecular complexity index is 831. The zero-order valence-electron chi connectivity index (χ0n) is 21.2. The van der Waals surface area contributed by atoms with E-state index in [1.807, 2.05) is 0 Å². The van der Waals surface area contributed by atoms with Crippen molar-refractivity contribution in [1.29, 1.82) is 0 Å². The van der Waals surface area contributed by atoms with E-state index >= 15 is 0 Å². The average Bonchev–Trinajstić information content (AvgIpc) is 3.18. The van der Waals surface area contributed by atoms with Gasteiger partial charge in [0.25, 0.3) is 0 Å². The topological polar surface area (TPSA) is 170 Å². The maximum Gasteiger partial charge on any atom is 0.407 e. The Morgan fingerprint density at radius 3 is 2.21 bits per heavy atom. The number of carbonyl (C=O) groups is 2. The van der Waals surface area contributed by atoms with Crippen molar-refractivity contribution in [3.8, 4) is 0 Å². The van der Waals surface area contributed by atoms with Gasteiger partial charge in [0, 0.05) is 14.2 Å². The van der Waals surface area contributed by atoms with Gasteiger partial charge in [0.05, 0.1) is 13.7 Å². The van der Waals surface area contributed by atoms with Crippen LogP contribution < -0.4 is 5.32 Å². The van der Waals surface area contributed by atoms with Gasteiger partial charge in [-0.25, -0.2) is 9.59 Å². The lowest BCUT2D eigenvalue weighted by Gasteiger charge is -2.47. The van der Waals surface area contributed by atoms with Crippen LogP contribution in [0.1, 0.15) is 13.8 Å². The Labute approximate surface area is 233 Å². The molecule has 3 fully saturated rings. The highest BCUT2D eigenvalue weighted by Gasteiger charge is 2.60. The Hall–Kier alpha value is -0.750. The minimum absolute atomic E-state index is 0.586. The maximum atomic E-state index is 12.5. The summed E-state index contributed by atoms with van der Waals surface area (Å²) in [6, 6.07) is -1.24. The van der Waals surface area contributed by atoms with Crippen LogP contribution in [0.4, 0.5) is 4.79 Å². The summed E-state index contributed by atoms with van der Waals surface area (Å²) in [4.78, 5) is 25.0. The lowest BCUT2D eigenvalue weighted by atomic mass is 9.95. The standard InChI is InChI=1S/C21H32Cl3NO13/c1-20(2)37-13-12(30-3)14(16(28)31-4)36-18(15(13)38-20)35-11-9(25-19(29)33-7-21(22,23)24)17(32-5)34-8(6-26)10(11)27/h8-15,17-18,26-27H,6-7H2,1-5H3,(H,25,29)/t8?,9?,10-,11+,12-,13-,14?,15?,17+,18+/m0/s1. The van der Waals surface area contributed by atoms with E-state index in [0.29, 0.717) is 0 Å². The molecule has 0 aromatic carbocycles. The fourth-order valence-electron chi connectivity index (χ4n) is 4.49. The molecule has 3 rings (SSSR count). The van der Waals surface area contributed by atoms with Crippen LogP contribution in [-0.4, -0.2) is 128 Å². The number of carbonyl (C=O) groups excluding carboxylic acids is 2. The van der Waals surface area contributed by atoms with Gasteiger partial charge >= 0.3 is 12.1 Å². The van der Waals surface area contributed by atoms with E-state index in [9.17, 15) is 19.8 Å². The van der Waals surface area contributed by atoms with Crippen LogP contribution in [-0.2, 0) is 47.4 Å². The summed E-state index contributed by atoms with van der Waals surface area (Å²) in [6.07, 6.45) is -11.7. The zero-order chi connectivity index (χ0) is 28.4. The predicted molar refractivity (Wildman–Crippen MR) is 127 cm³/mol. The van der Waals surface area contributed by atoms with Crippen LogP contribution in [0.5, 0.6) is 0 Å². The van der Waals surface area contributed by atoms with Crippen LogP contribution >= 0.6 is 34.8 Å². The van der Waals surface area contributed by atoms with Crippen molar-refractivity contribution in [2.24, 2.45) is 0 Å². The SMILES string of the molecule is COC(=O)C1O[C@@H](O[C@@H]2C(NC(=O)OCC(Cl)(Cl)Cl)[C@H](OC)OC(CO)[C@@H]2O)C2OC(C)(C)O[C@H]2[C@@H]1OC. The van der Waals surface area contributed by atoms with Crippen molar-refractivity contribution in [2.75, 3.05) is 34.5 Å². The third-order valence-corrected chi connectivity index (χ3v) is 6.40. The van der Waals surface area contributed by atoms with E-state index in [-0.39, 0.29) is 0 Å². The predicted octanol–water partition coefficient (Wildman–Crippen LogP) is -0.00590. The molecule has 10 atom stereocenters. The number of methoxy groups -OCH3 is 3. The maximum absolute atomic E-state index is 12.5. The highest BCUT2D eigenvalue weighted by atomic mass is 35.6. The summed E-state index contributed by atoms with van der Waals surface area (Å²) in [5.74, 6) is -1.88. The number of fused-ring (bicyclic) bond motifs is 1. The number of rotatable bonds is 8. The number of halogens is 3. The molecule has 3 N–H and O–H groups in total. The third-order valence-electron chi connectivity index (χ3n) is 6.07. The van der Waals surface area contributed by atoms with Crippen molar-refractivity contribution < 1.29 is 62.4 Å². The van der Waals surface area contributed by atoms with E-state index in [2.05, 4.69) is 5.32 Å². The average molecular weight is 613 g/mol. The highest BCUT2D eigenvalue weighted by molar-refractivity contribution is 6.67. The molecule has 14 nitrogen and oxygen atoms in total. The van der Waals surface area contributed by atoms with Crippen LogP contribution in [0, 0.1) is 0 Å². The van der Waals surface area contributed by atoms with Crippen molar-refractivity contribution in [3.63, 3.8) is 0 Å². The third kappa shape index (κ3) is 7.30. The van der Waals surface area contributed by atoms with E-state index in [1.165, 1.54) is 21.3 Å². The van der Waals surface area contributed by atoms with Crippen molar-refractivity contribution in [2.45, 2.75) is 84.8 Å². The van der Waals surface area contributed by atoms with E-state index in [1.54, 1.807) is 13.8 Å². The fraction of sp³-hybridized carbons (Fsp3) is 0.905. The first-order valence-electron chi connectivity index (χ1n) is 11.5. The Kier molecular flexibility index (Phi) is 10.7. The quantitative estimate of drug-likeness (QED) is 0.247. The summed E-state index contributed by atoms with van der Waals surface area (Å²) in [6.45, 7) is 2.10. The molecule has 3 aliphatic heterocycles. The molecule has 0 spiro atoms. The molecule has 0 aromatic rings. The van der Waals surface area contributed by atoms with Crippen LogP contribution in [0.15, 0.2) is 0 Å². The van der Waals surface area contributed by atoms with E-state index < -0.39 is 96.2 Å². The molecule has 220 valence electrons. The smallest absolute Gasteiger partial charge is 0.407 e. The summed E-state index contributed by atoms with van der Waals surface area (Å²) < 4.78 is 48.2. The summed E-state index contributed by atoms with van der Waals surface area (Å²) in [5.41, 5.74) is 0. The second-order valence-corrected chi connectivity index (χ2v) is 11.6. The molecule has 0 bridgehead atoms. The van der Waals surface area contributed by atoms with Gasteiger partial charge in [-0.1, -0.05) is 34.8 Å². The van der Waals surface area contributed by atoms with Crippen LogP contribution in [0.3, 0.4) is 0 Å². The molecule has 4 unspecified atom stereocenters. The number of hydrogen-bond donors (Lipinski definition) is 3. The molecule has 38 heavy (non-hydrogen) atoms. The van der Waals surface area contributed by atoms with Gasteiger partial charge in [-0.15, -0.1) is 0 Å². The largest absolute Gasteiger partial charge is 0.467 e. The van der Waals surface area contributed by atoms with Crippen molar-refractivity contribution in [3.05, 3.63) is 0 Å². The number of aliphatic hydroxyl groups is 2. The monoisotopic (exact) mass is 611 g/mol. The Morgan fingerprint density at radius 2 is 1.66 bits per heavy atom. The molecule has 17 heteroatoms. The molecule has 0 aromatic heterocycles. The molecule has 0 aliphatic carbocycles. The van der Waals surface area contributed by atoms with Crippen molar-refractivity contribution >= 4 is 46.9 Å². The lowest BCUT2D eigenvalue weighted by Crippen LogP contribution is -2.68. The first kappa shape index (κ1) is 31.8. The molecule has 1 amide bonds. The molecule has 3 heterocycles. The lowest BCUT2D eigenvalue weighted by molar-refractivity contribution is -0.330. The molecular weight excluding hydrogens is 581 g/mol. The van der Waals surface area contributed by atoms with E-state index in [0.717, 1.165) is 0 Å². The first-order chi connectivity index (χ1) is 17.7. The zero-order valence-corrected chi connectivity index (χ0v) is 23.5. The molecule has 0 saturated carbocycles. The number of ether oxygens (including phenoxy) is 9. The number of aliphatic hydroxyl groups excluding tert-OH is 2. The van der Waals surface area contributed by atoms with Gasteiger partial charge in [0.1, 0.15) is 49.3 Å². The number of alkyl halides is 3. The molecule has 0 radical (unpaired) electrons. The van der Waals surface area contributed by atoms with E-state index in [4.69, 9.17) is 77.4 Å². The minimum atomic E-state index is -1.88. The van der Waals surface area contributed by atoms with Gasteiger partial charge < -0.3 is 58.2 Å². The van der Waals surface area contributed by atoms with Gasteiger partial charge in [-0.05, 0) is 13.8 Å². The highest BCUT2D eigenvalue weighted by Crippen LogP contribution is 2.40. The molecule has 3 saturated heterocycles. The second-order valence-electron chi connectivity index (χ2n) is 9.13. The number of alkyl carbamates (subject to hydrolysis) is 1. The number of nitrogens with one attached hydrogen (secondary N) is 1. The van der Waals surface area contributed by atoms with Gasteiger partial charge in [-0.2, -0.15) is 0 Å². The molecular formula is C21H32Cl3NO13.